The fraction of sp³-hybridized carbons (Fsp3) is 0.133. The van der Waals surface area contributed by atoms with Crippen LogP contribution < -0.4 is 0 Å². The van der Waals surface area contributed by atoms with E-state index in [-0.39, 0.29) is 23.7 Å². The summed E-state index contributed by atoms with van der Waals surface area (Å²) in [5, 5.41) is 13.0. The van der Waals surface area contributed by atoms with Crippen LogP contribution in [0.25, 0.3) is 0 Å². The van der Waals surface area contributed by atoms with E-state index < -0.39 is 0 Å². The van der Waals surface area contributed by atoms with E-state index in [9.17, 15) is 0 Å². The molecule has 3 nitrogen and oxygen atoms in total. The first-order valence-electron chi connectivity index (χ1n) is 5.93. The molecule has 4 heteroatoms. The molecule has 0 aromatic carbocycles. The maximum Gasteiger partial charge on any atom is 2.00 e. The van der Waals surface area contributed by atoms with Gasteiger partial charge in [-0.2, -0.15) is 5.10 Å². The Bertz CT molecular complexity index is 323. The summed E-state index contributed by atoms with van der Waals surface area (Å²) in [5.41, 5.74) is 0.957. The van der Waals surface area contributed by atoms with Crippen molar-refractivity contribution >= 4 is 0 Å². The van der Waals surface area contributed by atoms with Crippen molar-refractivity contribution in [2.45, 2.75) is 6.54 Å². The molecule has 3 rings (SSSR count). The van der Waals surface area contributed by atoms with Crippen LogP contribution in [0.2, 0.25) is 0 Å². The molecule has 1 aromatic rings. The first-order valence-corrected chi connectivity index (χ1v) is 5.93. The van der Waals surface area contributed by atoms with Crippen molar-refractivity contribution in [2.75, 3.05) is 6.61 Å². The molecule has 0 aliphatic heterocycles. The molecule has 2 aliphatic carbocycles. The number of hydrogen-bond acceptors (Lipinski definition) is 2. The normalized spacial score (nSPS) is 18.8. The summed E-state index contributed by atoms with van der Waals surface area (Å²) < 4.78 is 1.74. The van der Waals surface area contributed by atoms with Crippen LogP contribution in [0.3, 0.4) is 0 Å². The largest absolute Gasteiger partial charge is 2.00 e. The van der Waals surface area contributed by atoms with Gasteiger partial charge >= 0.3 is 17.1 Å². The van der Waals surface area contributed by atoms with Crippen molar-refractivity contribution < 1.29 is 22.2 Å². The van der Waals surface area contributed by atoms with E-state index in [1.807, 2.05) is 70.1 Å². The second-order valence-electron chi connectivity index (χ2n) is 3.82. The number of aliphatic hydroxyl groups is 1. The summed E-state index contributed by atoms with van der Waals surface area (Å²) in [6.07, 6.45) is 19.9. The van der Waals surface area contributed by atoms with Gasteiger partial charge in [0.1, 0.15) is 0 Å². The van der Waals surface area contributed by atoms with Crippen molar-refractivity contribution in [2.24, 2.45) is 0 Å². The van der Waals surface area contributed by atoms with Crippen molar-refractivity contribution in [3.63, 3.8) is 0 Å². The minimum Gasteiger partial charge on any atom is -0.394 e. The Labute approximate surface area is 127 Å². The molecule has 1 aromatic heterocycles. The van der Waals surface area contributed by atoms with E-state index in [4.69, 9.17) is 5.11 Å². The summed E-state index contributed by atoms with van der Waals surface area (Å²) in [7, 11) is 0. The van der Waals surface area contributed by atoms with E-state index >= 15 is 0 Å². The molecule has 0 atom stereocenters. The van der Waals surface area contributed by atoms with Crippen molar-refractivity contribution in [3.8, 4) is 0 Å². The molecule has 2 aliphatic rings. The monoisotopic (exact) mass is 296 g/mol. The van der Waals surface area contributed by atoms with Gasteiger partial charge in [0.25, 0.3) is 0 Å². The van der Waals surface area contributed by atoms with Gasteiger partial charge in [-0.1, -0.05) is 0 Å². The fourth-order valence-corrected chi connectivity index (χ4v) is 1.61. The molecular formula is C15H16FeN2O+2. The topological polar surface area (TPSA) is 38.0 Å². The first-order chi connectivity index (χ1) is 8.90. The minimum atomic E-state index is 0. The second kappa shape index (κ2) is 9.57. The molecule has 1 N–H and O–H groups in total. The molecule has 0 amide bonds. The average molecular weight is 296 g/mol. The number of aromatic nitrogens is 2. The molecular weight excluding hydrogens is 280 g/mol. The van der Waals surface area contributed by atoms with E-state index in [1.54, 1.807) is 4.68 Å². The van der Waals surface area contributed by atoms with Gasteiger partial charge < -0.3 is 5.11 Å². The minimum absolute atomic E-state index is 0. The molecule has 1 heterocycles. The molecule has 19 heavy (non-hydrogen) atoms. The van der Waals surface area contributed by atoms with Gasteiger partial charge in [0.05, 0.1) is 18.8 Å². The van der Waals surface area contributed by atoms with Crippen LogP contribution in [0.5, 0.6) is 0 Å². The average Bonchev–Trinajstić information content (AvgIpc) is 3.14. The van der Waals surface area contributed by atoms with Gasteiger partial charge in [0.15, 0.2) is 0 Å². The predicted octanol–water partition coefficient (Wildman–Crippen LogP) is 1.65. The Hall–Kier alpha value is -0.311. The Balaban J connectivity index is 0.000000256. The number of rotatable bonds is 3. The standard InChI is InChI=1S/C10H11N2O.C5H5.Fe/c13-8-7-12-6-5-10(11-12)9-3-1-2-4-9;1-2-4-5-3-1;/h1-6,13H,7-8H2;1-5H;/q;;+2. The van der Waals surface area contributed by atoms with E-state index in [2.05, 4.69) is 5.10 Å². The first kappa shape index (κ1) is 16.7. The zero-order valence-electron chi connectivity index (χ0n) is 10.5. The maximum atomic E-state index is 8.70. The summed E-state index contributed by atoms with van der Waals surface area (Å²) in [4.78, 5) is 0. The third-order valence-corrected chi connectivity index (χ3v) is 2.48. The van der Waals surface area contributed by atoms with Gasteiger partial charge in [-0.05, 0) is 63.9 Å². The molecule has 10 radical (unpaired) electrons. The van der Waals surface area contributed by atoms with Crippen LogP contribution in [0.1, 0.15) is 5.69 Å². The van der Waals surface area contributed by atoms with Gasteiger partial charge in [0, 0.05) is 12.1 Å². The third-order valence-electron chi connectivity index (χ3n) is 2.48. The molecule has 2 fully saturated rings. The Kier molecular flexibility index (Phi) is 8.43. The van der Waals surface area contributed by atoms with Crippen LogP contribution >= 0.6 is 0 Å². The summed E-state index contributed by atoms with van der Waals surface area (Å²) in [6, 6.07) is 1.95. The fourth-order valence-electron chi connectivity index (χ4n) is 1.61. The van der Waals surface area contributed by atoms with Gasteiger partial charge in [-0.15, -0.1) is 0 Å². The Morgan fingerprint density at radius 2 is 1.53 bits per heavy atom. The third kappa shape index (κ3) is 5.68. The van der Waals surface area contributed by atoms with E-state index in [1.165, 1.54) is 0 Å². The van der Waals surface area contributed by atoms with Crippen LogP contribution in [0.4, 0.5) is 0 Å². The molecule has 0 saturated heterocycles. The maximum absolute atomic E-state index is 8.70. The van der Waals surface area contributed by atoms with Crippen molar-refractivity contribution in [1.29, 1.82) is 0 Å². The number of hydrogen-bond donors (Lipinski definition) is 1. The Morgan fingerprint density at radius 1 is 0.947 bits per heavy atom. The van der Waals surface area contributed by atoms with Gasteiger partial charge in [-0.3, -0.25) is 4.68 Å². The van der Waals surface area contributed by atoms with Crippen molar-refractivity contribution in [1.82, 2.24) is 9.78 Å². The Morgan fingerprint density at radius 3 is 2.05 bits per heavy atom. The molecule has 0 spiro atoms. The summed E-state index contributed by atoms with van der Waals surface area (Å²) in [5.74, 6) is 1.12. The molecule has 2 saturated carbocycles. The molecule has 0 unspecified atom stereocenters. The van der Waals surface area contributed by atoms with Crippen LogP contribution in [0.15, 0.2) is 12.3 Å². The van der Waals surface area contributed by atoms with Crippen LogP contribution in [-0.4, -0.2) is 21.5 Å². The number of aliphatic hydroxyl groups excluding tert-OH is 1. The van der Waals surface area contributed by atoms with Crippen molar-refractivity contribution in [3.05, 3.63) is 81.7 Å². The summed E-state index contributed by atoms with van der Waals surface area (Å²) in [6.45, 7) is 0.683. The molecule has 98 valence electrons. The smallest absolute Gasteiger partial charge is 0.394 e. The SMILES string of the molecule is OCCn1ccc([C]2[CH][CH][CH][CH]2)n1.[CH]1[CH][CH][CH][CH]1.[Fe+2]. The second-order valence-corrected chi connectivity index (χ2v) is 3.82. The zero-order valence-corrected chi connectivity index (χ0v) is 11.6. The van der Waals surface area contributed by atoms with Crippen LogP contribution in [-0.2, 0) is 23.6 Å². The number of nitrogens with zero attached hydrogens (tertiary/aromatic N) is 2. The summed E-state index contributed by atoms with van der Waals surface area (Å²) >= 11 is 0. The molecule has 0 bridgehead atoms. The zero-order chi connectivity index (χ0) is 12.6. The van der Waals surface area contributed by atoms with Gasteiger partial charge in [0.2, 0.25) is 0 Å². The quantitative estimate of drug-likeness (QED) is 0.861. The van der Waals surface area contributed by atoms with E-state index in [0.717, 1.165) is 11.6 Å². The van der Waals surface area contributed by atoms with Gasteiger partial charge in [-0.25, -0.2) is 0 Å². The van der Waals surface area contributed by atoms with E-state index in [0.29, 0.717) is 6.54 Å². The predicted molar refractivity (Wildman–Crippen MR) is 70.4 cm³/mol. The van der Waals surface area contributed by atoms with Crippen LogP contribution in [0, 0.1) is 63.7 Å².